The van der Waals surface area contributed by atoms with E-state index in [1.807, 2.05) is 25.2 Å². The molecule has 0 aliphatic heterocycles. The first-order valence-corrected chi connectivity index (χ1v) is 5.05. The average Bonchev–Trinajstić information content (AvgIpc) is 2.29. The summed E-state index contributed by atoms with van der Waals surface area (Å²) in [6.07, 6.45) is -0.558. The van der Waals surface area contributed by atoms with E-state index in [0.29, 0.717) is 12.2 Å². The van der Waals surface area contributed by atoms with Crippen LogP contribution in [0.3, 0.4) is 0 Å². The summed E-state index contributed by atoms with van der Waals surface area (Å²) < 4.78 is 4.71. The maximum atomic E-state index is 11.3. The van der Waals surface area contributed by atoms with Gasteiger partial charge in [0.05, 0.1) is 6.61 Å². The Morgan fingerprint density at radius 3 is 2.88 bits per heavy atom. The van der Waals surface area contributed by atoms with Gasteiger partial charge < -0.3 is 15.2 Å². The standard InChI is InChI=1S/C11H16N2O3/c1-12-8-9-4-2-3-5-10(9)13-11(15)16-7-6-14/h2-5,12,14H,6-8H2,1H3,(H,13,15). The summed E-state index contributed by atoms with van der Waals surface area (Å²) in [4.78, 5) is 11.3. The van der Waals surface area contributed by atoms with E-state index >= 15 is 0 Å². The predicted octanol–water partition coefficient (Wildman–Crippen LogP) is 0.947. The van der Waals surface area contributed by atoms with Crippen LogP contribution in [-0.4, -0.2) is 31.5 Å². The number of hydrogen-bond donors (Lipinski definition) is 3. The fraction of sp³-hybridized carbons (Fsp3) is 0.364. The first-order valence-electron chi connectivity index (χ1n) is 5.05. The summed E-state index contributed by atoms with van der Waals surface area (Å²) in [5.74, 6) is 0. The smallest absolute Gasteiger partial charge is 0.411 e. The lowest BCUT2D eigenvalue weighted by Crippen LogP contribution is -2.17. The van der Waals surface area contributed by atoms with Crippen LogP contribution in [0.25, 0.3) is 0 Å². The number of amides is 1. The number of ether oxygens (including phenoxy) is 1. The number of aliphatic hydroxyl groups is 1. The molecule has 0 unspecified atom stereocenters. The van der Waals surface area contributed by atoms with Gasteiger partial charge in [-0.3, -0.25) is 5.32 Å². The van der Waals surface area contributed by atoms with E-state index in [4.69, 9.17) is 9.84 Å². The lowest BCUT2D eigenvalue weighted by atomic mass is 10.2. The Balaban J connectivity index is 2.61. The first-order chi connectivity index (χ1) is 7.77. The number of benzene rings is 1. The molecule has 0 saturated heterocycles. The lowest BCUT2D eigenvalue weighted by Gasteiger charge is -2.10. The highest BCUT2D eigenvalue weighted by Crippen LogP contribution is 2.14. The molecule has 0 aliphatic carbocycles. The summed E-state index contributed by atoms with van der Waals surface area (Å²) >= 11 is 0. The Morgan fingerprint density at radius 1 is 1.44 bits per heavy atom. The van der Waals surface area contributed by atoms with E-state index in [0.717, 1.165) is 5.56 Å². The van der Waals surface area contributed by atoms with Crippen LogP contribution in [0.5, 0.6) is 0 Å². The molecule has 1 aromatic rings. The molecule has 0 fully saturated rings. The zero-order chi connectivity index (χ0) is 11.8. The molecule has 16 heavy (non-hydrogen) atoms. The summed E-state index contributed by atoms with van der Waals surface area (Å²) in [7, 11) is 1.83. The largest absolute Gasteiger partial charge is 0.447 e. The number of aliphatic hydroxyl groups excluding tert-OH is 1. The third-order valence-corrected chi connectivity index (χ3v) is 1.95. The third-order valence-electron chi connectivity index (χ3n) is 1.95. The van der Waals surface area contributed by atoms with Crippen molar-refractivity contribution in [2.75, 3.05) is 25.6 Å². The van der Waals surface area contributed by atoms with Crippen LogP contribution in [0.1, 0.15) is 5.56 Å². The molecule has 1 aromatic carbocycles. The van der Waals surface area contributed by atoms with Crippen LogP contribution in [0.2, 0.25) is 0 Å². The fourth-order valence-corrected chi connectivity index (χ4v) is 1.27. The minimum absolute atomic E-state index is 0.0000278. The molecule has 5 heteroatoms. The molecule has 3 N–H and O–H groups in total. The van der Waals surface area contributed by atoms with Crippen molar-refractivity contribution in [3.8, 4) is 0 Å². The van der Waals surface area contributed by atoms with Crippen LogP contribution in [-0.2, 0) is 11.3 Å². The summed E-state index contributed by atoms with van der Waals surface area (Å²) in [6.45, 7) is 0.488. The van der Waals surface area contributed by atoms with Gasteiger partial charge in [0.1, 0.15) is 6.61 Å². The van der Waals surface area contributed by atoms with Crippen molar-refractivity contribution in [3.05, 3.63) is 29.8 Å². The van der Waals surface area contributed by atoms with E-state index in [9.17, 15) is 4.79 Å². The van der Waals surface area contributed by atoms with Gasteiger partial charge in [-0.25, -0.2) is 4.79 Å². The minimum atomic E-state index is -0.558. The van der Waals surface area contributed by atoms with Crippen LogP contribution in [0, 0.1) is 0 Å². The number of anilines is 1. The second-order valence-corrected chi connectivity index (χ2v) is 3.17. The number of hydrogen-bond acceptors (Lipinski definition) is 4. The summed E-state index contributed by atoms with van der Waals surface area (Å²) in [5.41, 5.74) is 1.69. The van der Waals surface area contributed by atoms with Crippen molar-refractivity contribution in [1.82, 2.24) is 5.32 Å². The number of rotatable bonds is 5. The van der Waals surface area contributed by atoms with Gasteiger partial charge >= 0.3 is 6.09 Å². The van der Waals surface area contributed by atoms with Crippen LogP contribution >= 0.6 is 0 Å². The summed E-state index contributed by atoms with van der Waals surface area (Å²) in [5, 5.41) is 14.1. The highest BCUT2D eigenvalue weighted by atomic mass is 16.6. The van der Waals surface area contributed by atoms with E-state index < -0.39 is 6.09 Å². The van der Waals surface area contributed by atoms with Crippen molar-refractivity contribution < 1.29 is 14.6 Å². The molecule has 0 aliphatic rings. The minimum Gasteiger partial charge on any atom is -0.447 e. The molecule has 0 radical (unpaired) electrons. The maximum Gasteiger partial charge on any atom is 0.411 e. The molecule has 5 nitrogen and oxygen atoms in total. The average molecular weight is 224 g/mol. The van der Waals surface area contributed by atoms with Gasteiger partial charge in [-0.05, 0) is 18.7 Å². The Morgan fingerprint density at radius 2 is 2.19 bits per heavy atom. The number of carbonyl (C=O) groups excluding carboxylic acids is 1. The van der Waals surface area contributed by atoms with Gasteiger partial charge in [0.15, 0.2) is 0 Å². The van der Waals surface area contributed by atoms with Gasteiger partial charge in [-0.15, -0.1) is 0 Å². The molecular weight excluding hydrogens is 208 g/mol. The van der Waals surface area contributed by atoms with Gasteiger partial charge in [0, 0.05) is 12.2 Å². The topological polar surface area (TPSA) is 70.6 Å². The quantitative estimate of drug-likeness (QED) is 0.696. The van der Waals surface area contributed by atoms with Gasteiger partial charge in [-0.1, -0.05) is 18.2 Å². The molecular formula is C11H16N2O3. The highest BCUT2D eigenvalue weighted by molar-refractivity contribution is 5.85. The Labute approximate surface area is 94.4 Å². The second kappa shape index (κ2) is 6.81. The molecule has 0 bridgehead atoms. The molecule has 0 saturated carbocycles. The van der Waals surface area contributed by atoms with Gasteiger partial charge in [0.2, 0.25) is 0 Å². The molecule has 0 spiro atoms. The zero-order valence-electron chi connectivity index (χ0n) is 9.19. The van der Waals surface area contributed by atoms with Crippen molar-refractivity contribution in [2.24, 2.45) is 0 Å². The molecule has 0 atom stereocenters. The number of nitrogens with one attached hydrogen (secondary N) is 2. The third kappa shape index (κ3) is 3.88. The van der Waals surface area contributed by atoms with Crippen LogP contribution in [0.4, 0.5) is 10.5 Å². The molecule has 1 rings (SSSR count). The van der Waals surface area contributed by atoms with E-state index in [1.54, 1.807) is 6.07 Å². The molecule has 1 amide bonds. The second-order valence-electron chi connectivity index (χ2n) is 3.17. The van der Waals surface area contributed by atoms with Crippen molar-refractivity contribution in [3.63, 3.8) is 0 Å². The van der Waals surface area contributed by atoms with E-state index in [2.05, 4.69) is 10.6 Å². The normalized spacial score (nSPS) is 9.88. The number of para-hydroxylation sites is 1. The predicted molar refractivity (Wildman–Crippen MR) is 61.3 cm³/mol. The molecule has 0 aromatic heterocycles. The Hall–Kier alpha value is -1.59. The van der Waals surface area contributed by atoms with E-state index in [-0.39, 0.29) is 13.2 Å². The van der Waals surface area contributed by atoms with Gasteiger partial charge in [0.25, 0.3) is 0 Å². The monoisotopic (exact) mass is 224 g/mol. The SMILES string of the molecule is CNCc1ccccc1NC(=O)OCCO. The van der Waals surface area contributed by atoms with Gasteiger partial charge in [-0.2, -0.15) is 0 Å². The molecule has 88 valence electrons. The van der Waals surface area contributed by atoms with Crippen molar-refractivity contribution in [1.29, 1.82) is 0 Å². The van der Waals surface area contributed by atoms with Crippen LogP contribution < -0.4 is 10.6 Å². The zero-order valence-corrected chi connectivity index (χ0v) is 9.19. The fourth-order valence-electron chi connectivity index (χ4n) is 1.27. The van der Waals surface area contributed by atoms with Crippen molar-refractivity contribution >= 4 is 11.8 Å². The highest BCUT2D eigenvalue weighted by Gasteiger charge is 2.05. The molecule has 0 heterocycles. The first kappa shape index (κ1) is 12.5. The van der Waals surface area contributed by atoms with E-state index in [1.165, 1.54) is 0 Å². The maximum absolute atomic E-state index is 11.3. The number of carbonyl (C=O) groups is 1. The lowest BCUT2D eigenvalue weighted by molar-refractivity contribution is 0.131. The van der Waals surface area contributed by atoms with Crippen molar-refractivity contribution in [2.45, 2.75) is 6.54 Å². The van der Waals surface area contributed by atoms with Crippen LogP contribution in [0.15, 0.2) is 24.3 Å². The summed E-state index contributed by atoms with van der Waals surface area (Å²) in [6, 6.07) is 7.45. The Kier molecular flexibility index (Phi) is 5.31. The Bertz CT molecular complexity index is 342.